The minimum Gasteiger partial charge on any atom is -0.381 e. The quantitative estimate of drug-likeness (QED) is 0.791. The first-order valence-corrected chi connectivity index (χ1v) is 6.49. The van der Waals surface area contributed by atoms with Crippen LogP contribution in [0.5, 0.6) is 0 Å². The molecule has 1 fully saturated rings. The van der Waals surface area contributed by atoms with E-state index in [-0.39, 0.29) is 0 Å². The average molecular weight is 235 g/mol. The molecule has 0 bridgehead atoms. The van der Waals surface area contributed by atoms with Gasteiger partial charge in [-0.15, -0.1) is 0 Å². The molecule has 1 aliphatic heterocycles. The molecule has 94 valence electrons. The van der Waals surface area contributed by atoms with Crippen LogP contribution in [0.3, 0.4) is 0 Å². The fourth-order valence-corrected chi connectivity index (χ4v) is 2.02. The van der Waals surface area contributed by atoms with Gasteiger partial charge in [0.1, 0.15) is 5.82 Å². The highest BCUT2D eigenvalue weighted by atomic mass is 16.5. The zero-order chi connectivity index (χ0) is 11.9. The summed E-state index contributed by atoms with van der Waals surface area (Å²) in [5, 5.41) is 3.35. The van der Waals surface area contributed by atoms with Crippen LogP contribution in [0.2, 0.25) is 0 Å². The van der Waals surface area contributed by atoms with E-state index in [0.29, 0.717) is 5.92 Å². The van der Waals surface area contributed by atoms with E-state index in [4.69, 9.17) is 4.74 Å². The molecule has 0 radical (unpaired) electrons. The zero-order valence-corrected chi connectivity index (χ0v) is 10.5. The Kier molecular flexibility index (Phi) is 4.88. The molecule has 0 aliphatic carbocycles. The Hall–Kier alpha value is -1.00. The molecule has 17 heavy (non-hydrogen) atoms. The molecular weight excluding hydrogens is 214 g/mol. The van der Waals surface area contributed by atoms with Gasteiger partial charge in [0.05, 0.1) is 6.61 Å². The summed E-state index contributed by atoms with van der Waals surface area (Å²) in [6, 6.07) is 0. The molecule has 0 amide bonds. The standard InChI is InChI=1S/C13H21N3O/c1-2-5-14-7-11-8-15-13(16-9-11)12-4-3-6-17-10-12/h8-9,12,14H,2-7,10H2,1H3. The van der Waals surface area contributed by atoms with Crippen molar-refractivity contribution in [2.75, 3.05) is 19.8 Å². The lowest BCUT2D eigenvalue weighted by Crippen LogP contribution is -2.18. The van der Waals surface area contributed by atoms with Gasteiger partial charge in [0.15, 0.2) is 0 Å². The average Bonchev–Trinajstić information content (AvgIpc) is 2.41. The van der Waals surface area contributed by atoms with Crippen molar-refractivity contribution < 1.29 is 4.74 Å². The van der Waals surface area contributed by atoms with Gasteiger partial charge in [-0.3, -0.25) is 0 Å². The van der Waals surface area contributed by atoms with Gasteiger partial charge in [-0.25, -0.2) is 9.97 Å². The minimum absolute atomic E-state index is 0.390. The smallest absolute Gasteiger partial charge is 0.133 e. The van der Waals surface area contributed by atoms with Crippen LogP contribution in [0.15, 0.2) is 12.4 Å². The van der Waals surface area contributed by atoms with E-state index < -0.39 is 0 Å². The van der Waals surface area contributed by atoms with E-state index in [1.165, 1.54) is 0 Å². The summed E-state index contributed by atoms with van der Waals surface area (Å²) < 4.78 is 5.45. The highest BCUT2D eigenvalue weighted by molar-refractivity contribution is 5.07. The Balaban J connectivity index is 1.88. The molecule has 1 aromatic heterocycles. The van der Waals surface area contributed by atoms with Crippen LogP contribution in [0.4, 0.5) is 0 Å². The van der Waals surface area contributed by atoms with Crippen molar-refractivity contribution in [3.63, 3.8) is 0 Å². The monoisotopic (exact) mass is 235 g/mol. The molecule has 1 atom stereocenters. The summed E-state index contributed by atoms with van der Waals surface area (Å²) in [5.41, 5.74) is 1.15. The molecule has 1 N–H and O–H groups in total. The number of ether oxygens (including phenoxy) is 1. The Morgan fingerprint density at radius 1 is 1.41 bits per heavy atom. The lowest BCUT2D eigenvalue weighted by molar-refractivity contribution is 0.0780. The first-order chi connectivity index (χ1) is 8.40. The van der Waals surface area contributed by atoms with Crippen LogP contribution in [-0.2, 0) is 11.3 Å². The SMILES string of the molecule is CCCNCc1cnc(C2CCCOC2)nc1. The van der Waals surface area contributed by atoms with Crippen LogP contribution in [0, 0.1) is 0 Å². The third-order valence-electron chi connectivity index (χ3n) is 3.01. The largest absolute Gasteiger partial charge is 0.381 e. The summed E-state index contributed by atoms with van der Waals surface area (Å²) in [7, 11) is 0. The second kappa shape index (κ2) is 6.67. The number of nitrogens with zero attached hydrogens (tertiary/aromatic N) is 2. The van der Waals surface area contributed by atoms with Gasteiger partial charge >= 0.3 is 0 Å². The number of aromatic nitrogens is 2. The Morgan fingerprint density at radius 2 is 2.24 bits per heavy atom. The fourth-order valence-electron chi connectivity index (χ4n) is 2.02. The maximum Gasteiger partial charge on any atom is 0.133 e. The molecular formula is C13H21N3O. The Morgan fingerprint density at radius 3 is 2.88 bits per heavy atom. The van der Waals surface area contributed by atoms with Gasteiger partial charge in [-0.05, 0) is 25.8 Å². The molecule has 4 heteroatoms. The minimum atomic E-state index is 0.390. The molecule has 0 spiro atoms. The van der Waals surface area contributed by atoms with Gasteiger partial charge in [0.2, 0.25) is 0 Å². The van der Waals surface area contributed by atoms with Gasteiger partial charge in [0, 0.05) is 37.0 Å². The van der Waals surface area contributed by atoms with Crippen molar-refractivity contribution in [3.8, 4) is 0 Å². The van der Waals surface area contributed by atoms with Gasteiger partial charge in [0.25, 0.3) is 0 Å². The number of rotatable bonds is 5. The summed E-state index contributed by atoms with van der Waals surface area (Å²) in [6.45, 7) is 5.71. The zero-order valence-electron chi connectivity index (χ0n) is 10.5. The lowest BCUT2D eigenvalue weighted by Gasteiger charge is -2.20. The molecule has 2 heterocycles. The number of nitrogens with one attached hydrogen (secondary N) is 1. The lowest BCUT2D eigenvalue weighted by atomic mass is 10.0. The highest BCUT2D eigenvalue weighted by Gasteiger charge is 2.18. The molecule has 1 unspecified atom stereocenters. The Bertz CT molecular complexity index is 320. The van der Waals surface area contributed by atoms with Crippen molar-refractivity contribution in [1.29, 1.82) is 0 Å². The van der Waals surface area contributed by atoms with Crippen molar-refractivity contribution in [2.45, 2.75) is 38.6 Å². The first-order valence-electron chi connectivity index (χ1n) is 6.49. The maximum absolute atomic E-state index is 5.45. The third kappa shape index (κ3) is 3.75. The molecule has 4 nitrogen and oxygen atoms in total. The van der Waals surface area contributed by atoms with E-state index in [2.05, 4.69) is 22.2 Å². The van der Waals surface area contributed by atoms with E-state index in [0.717, 1.165) is 57.0 Å². The highest BCUT2D eigenvalue weighted by Crippen LogP contribution is 2.21. The second-order valence-electron chi connectivity index (χ2n) is 4.54. The summed E-state index contributed by atoms with van der Waals surface area (Å²) >= 11 is 0. The topological polar surface area (TPSA) is 47.0 Å². The van der Waals surface area contributed by atoms with Gasteiger partial charge in [-0.1, -0.05) is 6.92 Å². The summed E-state index contributed by atoms with van der Waals surface area (Å²) in [6.07, 6.45) is 7.28. The van der Waals surface area contributed by atoms with Crippen LogP contribution in [0.1, 0.15) is 43.5 Å². The molecule has 1 saturated heterocycles. The fraction of sp³-hybridized carbons (Fsp3) is 0.692. The van der Waals surface area contributed by atoms with Gasteiger partial charge < -0.3 is 10.1 Å². The number of hydrogen-bond acceptors (Lipinski definition) is 4. The molecule has 0 saturated carbocycles. The molecule has 0 aromatic carbocycles. The number of hydrogen-bond donors (Lipinski definition) is 1. The van der Waals surface area contributed by atoms with Crippen LogP contribution >= 0.6 is 0 Å². The van der Waals surface area contributed by atoms with Crippen molar-refractivity contribution >= 4 is 0 Å². The van der Waals surface area contributed by atoms with E-state index in [1.54, 1.807) is 0 Å². The predicted molar refractivity (Wildman–Crippen MR) is 66.8 cm³/mol. The maximum atomic E-state index is 5.45. The van der Waals surface area contributed by atoms with Crippen LogP contribution in [-0.4, -0.2) is 29.7 Å². The summed E-state index contributed by atoms with van der Waals surface area (Å²) in [4.78, 5) is 8.90. The molecule has 1 aromatic rings. The van der Waals surface area contributed by atoms with Crippen LogP contribution in [0.25, 0.3) is 0 Å². The van der Waals surface area contributed by atoms with E-state index in [9.17, 15) is 0 Å². The van der Waals surface area contributed by atoms with Crippen molar-refractivity contribution in [1.82, 2.24) is 15.3 Å². The predicted octanol–water partition coefficient (Wildman–Crippen LogP) is 1.87. The van der Waals surface area contributed by atoms with Crippen molar-refractivity contribution in [2.24, 2.45) is 0 Å². The second-order valence-corrected chi connectivity index (χ2v) is 4.54. The van der Waals surface area contributed by atoms with Gasteiger partial charge in [-0.2, -0.15) is 0 Å². The normalized spacial score (nSPS) is 20.4. The van der Waals surface area contributed by atoms with Crippen molar-refractivity contribution in [3.05, 3.63) is 23.8 Å². The molecule has 2 rings (SSSR count). The molecule has 1 aliphatic rings. The summed E-state index contributed by atoms with van der Waals surface area (Å²) in [5.74, 6) is 1.32. The van der Waals surface area contributed by atoms with Crippen LogP contribution < -0.4 is 5.32 Å². The first kappa shape index (κ1) is 12.5. The Labute approximate surface area is 103 Å². The van der Waals surface area contributed by atoms with E-state index >= 15 is 0 Å². The van der Waals surface area contributed by atoms with E-state index in [1.807, 2.05) is 12.4 Å². The third-order valence-corrected chi connectivity index (χ3v) is 3.01.